The second-order valence-corrected chi connectivity index (χ2v) is 3.82. The number of aryl methyl sites for hydroxylation is 1. The first-order valence-electron chi connectivity index (χ1n) is 5.31. The van der Waals surface area contributed by atoms with Gasteiger partial charge in [0.25, 0.3) is 0 Å². The van der Waals surface area contributed by atoms with Crippen molar-refractivity contribution in [2.24, 2.45) is 0 Å². The lowest BCUT2D eigenvalue weighted by Gasteiger charge is -2.12. The fraction of sp³-hybridized carbons (Fsp3) is 0.333. The molecule has 84 valence electrons. The van der Waals surface area contributed by atoms with Crippen molar-refractivity contribution in [2.45, 2.75) is 26.4 Å². The van der Waals surface area contributed by atoms with Gasteiger partial charge in [-0.25, -0.2) is 0 Å². The summed E-state index contributed by atoms with van der Waals surface area (Å²) in [5.74, 6) is 0.860. The van der Waals surface area contributed by atoms with Crippen molar-refractivity contribution in [1.82, 2.24) is 15.5 Å². The maximum Gasteiger partial charge on any atom is 0.150 e. The first-order valence-corrected chi connectivity index (χ1v) is 5.31. The second-order valence-electron chi connectivity index (χ2n) is 3.82. The molecule has 4 nitrogen and oxygen atoms in total. The van der Waals surface area contributed by atoms with Crippen molar-refractivity contribution in [2.75, 3.05) is 0 Å². The van der Waals surface area contributed by atoms with E-state index in [1.807, 2.05) is 25.1 Å². The summed E-state index contributed by atoms with van der Waals surface area (Å²) in [6.45, 7) is 4.71. The smallest absolute Gasteiger partial charge is 0.150 e. The van der Waals surface area contributed by atoms with Crippen LogP contribution >= 0.6 is 0 Å². The van der Waals surface area contributed by atoms with E-state index >= 15 is 0 Å². The minimum atomic E-state index is 0.272. The van der Waals surface area contributed by atoms with Gasteiger partial charge in [-0.3, -0.25) is 4.98 Å². The lowest BCUT2D eigenvalue weighted by molar-refractivity contribution is 0.363. The summed E-state index contributed by atoms with van der Waals surface area (Å²) in [6.07, 6.45) is 3.60. The summed E-state index contributed by atoms with van der Waals surface area (Å²) in [4.78, 5) is 3.99. The van der Waals surface area contributed by atoms with Crippen LogP contribution in [0, 0.1) is 6.92 Å². The zero-order valence-electron chi connectivity index (χ0n) is 9.47. The molecule has 0 aliphatic rings. The average Bonchev–Trinajstić information content (AvgIpc) is 2.73. The van der Waals surface area contributed by atoms with E-state index in [2.05, 4.69) is 22.4 Å². The maximum atomic E-state index is 5.13. The molecule has 1 unspecified atom stereocenters. The van der Waals surface area contributed by atoms with Gasteiger partial charge in [-0.2, -0.15) is 0 Å². The second kappa shape index (κ2) is 4.90. The SMILES string of the molecule is Cc1cc(CNC(C)c2ccncc2)on1. The molecule has 1 atom stereocenters. The molecule has 0 aromatic carbocycles. The van der Waals surface area contributed by atoms with Crippen molar-refractivity contribution in [3.63, 3.8) is 0 Å². The number of hydrogen-bond acceptors (Lipinski definition) is 4. The number of nitrogens with zero attached hydrogens (tertiary/aromatic N) is 2. The molecular formula is C12H15N3O. The van der Waals surface area contributed by atoms with Crippen LogP contribution in [-0.4, -0.2) is 10.1 Å². The highest BCUT2D eigenvalue weighted by molar-refractivity contribution is 5.14. The molecule has 0 aliphatic carbocycles. The van der Waals surface area contributed by atoms with Gasteiger partial charge in [-0.05, 0) is 31.5 Å². The molecule has 0 saturated carbocycles. The average molecular weight is 217 g/mol. The molecule has 0 radical (unpaired) electrons. The van der Waals surface area contributed by atoms with Crippen LogP contribution in [0.1, 0.15) is 30.0 Å². The Balaban J connectivity index is 1.91. The van der Waals surface area contributed by atoms with Crippen molar-refractivity contribution in [1.29, 1.82) is 0 Å². The summed E-state index contributed by atoms with van der Waals surface area (Å²) < 4.78 is 5.13. The van der Waals surface area contributed by atoms with E-state index in [1.165, 1.54) is 5.56 Å². The van der Waals surface area contributed by atoms with Crippen LogP contribution in [0.15, 0.2) is 35.1 Å². The predicted octanol–water partition coefficient (Wildman–Crippen LogP) is 2.23. The normalized spacial score (nSPS) is 12.6. The quantitative estimate of drug-likeness (QED) is 0.853. The van der Waals surface area contributed by atoms with Crippen LogP contribution in [0.25, 0.3) is 0 Å². The molecule has 4 heteroatoms. The molecular weight excluding hydrogens is 202 g/mol. The van der Waals surface area contributed by atoms with Crippen LogP contribution in [0.3, 0.4) is 0 Å². The number of hydrogen-bond donors (Lipinski definition) is 1. The summed E-state index contributed by atoms with van der Waals surface area (Å²) >= 11 is 0. The topological polar surface area (TPSA) is 51.0 Å². The van der Waals surface area contributed by atoms with Gasteiger partial charge in [0.2, 0.25) is 0 Å². The Labute approximate surface area is 94.7 Å². The third kappa shape index (κ3) is 2.67. The molecule has 2 heterocycles. The highest BCUT2D eigenvalue weighted by Crippen LogP contribution is 2.11. The molecule has 0 bridgehead atoms. The van der Waals surface area contributed by atoms with E-state index in [0.29, 0.717) is 6.54 Å². The Morgan fingerprint density at radius 2 is 2.12 bits per heavy atom. The van der Waals surface area contributed by atoms with Crippen LogP contribution in [0.2, 0.25) is 0 Å². The van der Waals surface area contributed by atoms with Gasteiger partial charge in [0.05, 0.1) is 12.2 Å². The summed E-state index contributed by atoms with van der Waals surface area (Å²) in [5.41, 5.74) is 2.12. The lowest BCUT2D eigenvalue weighted by Crippen LogP contribution is -2.17. The minimum Gasteiger partial charge on any atom is -0.360 e. The van der Waals surface area contributed by atoms with Crippen molar-refractivity contribution in [3.8, 4) is 0 Å². The fourth-order valence-corrected chi connectivity index (χ4v) is 1.52. The molecule has 16 heavy (non-hydrogen) atoms. The first kappa shape index (κ1) is 10.8. The zero-order valence-corrected chi connectivity index (χ0v) is 9.47. The number of nitrogens with one attached hydrogen (secondary N) is 1. The Kier molecular flexibility index (Phi) is 3.31. The summed E-state index contributed by atoms with van der Waals surface area (Å²) in [6, 6.07) is 6.22. The number of pyridine rings is 1. The highest BCUT2D eigenvalue weighted by atomic mass is 16.5. The highest BCUT2D eigenvalue weighted by Gasteiger charge is 2.06. The molecule has 2 rings (SSSR count). The zero-order chi connectivity index (χ0) is 11.4. The Morgan fingerprint density at radius 1 is 1.38 bits per heavy atom. The Morgan fingerprint density at radius 3 is 2.75 bits per heavy atom. The van der Waals surface area contributed by atoms with Gasteiger partial charge in [-0.1, -0.05) is 5.16 Å². The summed E-state index contributed by atoms with van der Waals surface area (Å²) in [7, 11) is 0. The third-order valence-electron chi connectivity index (χ3n) is 2.47. The molecule has 0 amide bonds. The maximum absolute atomic E-state index is 5.13. The largest absolute Gasteiger partial charge is 0.360 e. The molecule has 1 N–H and O–H groups in total. The Bertz CT molecular complexity index is 439. The minimum absolute atomic E-state index is 0.272. The molecule has 0 spiro atoms. The van der Waals surface area contributed by atoms with Crippen molar-refractivity contribution in [3.05, 3.63) is 47.6 Å². The summed E-state index contributed by atoms with van der Waals surface area (Å²) in [5, 5.41) is 7.21. The van der Waals surface area contributed by atoms with Crippen molar-refractivity contribution >= 4 is 0 Å². The molecule has 2 aromatic rings. The predicted molar refractivity (Wildman–Crippen MR) is 60.7 cm³/mol. The van der Waals surface area contributed by atoms with E-state index < -0.39 is 0 Å². The van der Waals surface area contributed by atoms with Gasteiger partial charge in [0.1, 0.15) is 0 Å². The number of rotatable bonds is 4. The van der Waals surface area contributed by atoms with E-state index in [9.17, 15) is 0 Å². The van der Waals surface area contributed by atoms with Crippen LogP contribution in [0.4, 0.5) is 0 Å². The van der Waals surface area contributed by atoms with Crippen LogP contribution in [-0.2, 0) is 6.54 Å². The van der Waals surface area contributed by atoms with Crippen LogP contribution < -0.4 is 5.32 Å². The Hall–Kier alpha value is -1.68. The van der Waals surface area contributed by atoms with Crippen molar-refractivity contribution < 1.29 is 4.52 Å². The first-order chi connectivity index (χ1) is 7.75. The number of aromatic nitrogens is 2. The molecule has 2 aromatic heterocycles. The molecule has 0 saturated heterocycles. The van der Waals surface area contributed by atoms with Crippen LogP contribution in [0.5, 0.6) is 0 Å². The van der Waals surface area contributed by atoms with Gasteiger partial charge < -0.3 is 9.84 Å². The standard InChI is InChI=1S/C12H15N3O/c1-9-7-12(16-15-9)8-14-10(2)11-3-5-13-6-4-11/h3-7,10,14H,8H2,1-2H3. The van der Waals surface area contributed by atoms with E-state index in [-0.39, 0.29) is 6.04 Å². The van der Waals surface area contributed by atoms with Gasteiger partial charge in [-0.15, -0.1) is 0 Å². The molecule has 0 fully saturated rings. The van der Waals surface area contributed by atoms with Gasteiger partial charge in [0.15, 0.2) is 5.76 Å². The van der Waals surface area contributed by atoms with E-state index in [4.69, 9.17) is 4.52 Å². The van der Waals surface area contributed by atoms with E-state index in [1.54, 1.807) is 12.4 Å². The van der Waals surface area contributed by atoms with E-state index in [0.717, 1.165) is 11.5 Å². The lowest BCUT2D eigenvalue weighted by atomic mass is 10.1. The monoisotopic (exact) mass is 217 g/mol. The fourth-order valence-electron chi connectivity index (χ4n) is 1.52. The third-order valence-corrected chi connectivity index (χ3v) is 2.47. The van der Waals surface area contributed by atoms with Gasteiger partial charge >= 0.3 is 0 Å². The van der Waals surface area contributed by atoms with Gasteiger partial charge in [0, 0.05) is 24.5 Å². The molecule has 0 aliphatic heterocycles.